The molecule has 0 unspecified atom stereocenters. The lowest BCUT2D eigenvalue weighted by atomic mass is 9.97. The molecule has 0 saturated heterocycles. The molecule has 0 N–H and O–H groups in total. The number of carbonyl (C=O) groups is 2. The summed E-state index contributed by atoms with van der Waals surface area (Å²) in [6.07, 6.45) is 0.852. The van der Waals surface area contributed by atoms with Crippen LogP contribution in [-0.2, 0) is 16.0 Å². The smallest absolute Gasteiger partial charge is 0.282 e. The molecule has 0 atom stereocenters. The van der Waals surface area contributed by atoms with Gasteiger partial charge in [-0.05, 0) is 74.1 Å². The molecule has 0 aliphatic carbocycles. The molecule has 3 aromatic carbocycles. The molecular weight excluding hydrogens is 396 g/mol. The van der Waals surface area contributed by atoms with Gasteiger partial charge in [-0.1, -0.05) is 54.1 Å². The third-order valence-electron chi connectivity index (χ3n) is 6.47. The van der Waals surface area contributed by atoms with Gasteiger partial charge in [-0.2, -0.15) is 0 Å². The number of anilines is 2. The molecule has 0 radical (unpaired) electrons. The highest BCUT2D eigenvalue weighted by Crippen LogP contribution is 2.41. The van der Waals surface area contributed by atoms with Gasteiger partial charge in [-0.3, -0.25) is 9.59 Å². The zero-order valence-corrected chi connectivity index (χ0v) is 18.9. The largest absolute Gasteiger partial charge is 0.336 e. The Balaban J connectivity index is 1.74. The number of rotatable bonds is 3. The summed E-state index contributed by atoms with van der Waals surface area (Å²) in [5, 5.41) is 0. The number of benzene rings is 3. The quantitative estimate of drug-likeness (QED) is 0.540. The monoisotopic (exact) mass is 422 g/mol. The van der Waals surface area contributed by atoms with Gasteiger partial charge in [-0.25, -0.2) is 4.90 Å². The number of para-hydroxylation sites is 1. The van der Waals surface area contributed by atoms with E-state index in [-0.39, 0.29) is 11.8 Å². The lowest BCUT2D eigenvalue weighted by Crippen LogP contribution is -2.35. The second kappa shape index (κ2) is 7.49. The Bertz CT molecular complexity index is 1320. The highest BCUT2D eigenvalue weighted by atomic mass is 16.2. The molecule has 0 spiro atoms. The molecule has 4 heteroatoms. The summed E-state index contributed by atoms with van der Waals surface area (Å²) in [5.41, 5.74) is 8.69. The molecule has 0 saturated carbocycles. The Kier molecular flexibility index (Phi) is 4.74. The molecule has 2 amide bonds. The second-order valence-electron chi connectivity index (χ2n) is 8.81. The van der Waals surface area contributed by atoms with Crippen LogP contribution in [0.2, 0.25) is 0 Å². The number of fused-ring (bicyclic) bond motifs is 1. The first-order chi connectivity index (χ1) is 15.4. The van der Waals surface area contributed by atoms with Crippen molar-refractivity contribution in [1.29, 1.82) is 0 Å². The molecule has 0 fully saturated rings. The van der Waals surface area contributed by atoms with Crippen LogP contribution in [0, 0.1) is 27.7 Å². The second-order valence-corrected chi connectivity index (χ2v) is 8.81. The summed E-state index contributed by atoms with van der Waals surface area (Å²) in [6.45, 7) is 8.64. The van der Waals surface area contributed by atoms with Gasteiger partial charge < -0.3 is 4.90 Å². The van der Waals surface area contributed by atoms with E-state index in [1.165, 1.54) is 10.5 Å². The van der Waals surface area contributed by atoms with Gasteiger partial charge in [0.1, 0.15) is 5.70 Å². The number of amides is 2. The summed E-state index contributed by atoms with van der Waals surface area (Å²) in [6, 6.07) is 20.1. The highest BCUT2D eigenvalue weighted by Gasteiger charge is 2.44. The van der Waals surface area contributed by atoms with Crippen LogP contribution in [0.5, 0.6) is 0 Å². The standard InChI is InChI=1S/C28H26N2O2/c1-17-10-12-22(20(4)15-17)25-26(29-14-13-21-7-5-6-8-23(21)29)28(32)30(27(25)31)24-16-18(2)9-11-19(24)3/h5-12,15-16H,13-14H2,1-4H3. The molecule has 3 aromatic rings. The first-order valence-corrected chi connectivity index (χ1v) is 11.0. The first-order valence-electron chi connectivity index (χ1n) is 11.0. The molecule has 32 heavy (non-hydrogen) atoms. The fourth-order valence-corrected chi connectivity index (χ4v) is 4.86. The van der Waals surface area contributed by atoms with E-state index in [4.69, 9.17) is 0 Å². The number of carbonyl (C=O) groups excluding carboxylic acids is 2. The predicted molar refractivity (Wildman–Crippen MR) is 129 cm³/mol. The fraction of sp³-hybridized carbons (Fsp3) is 0.214. The normalized spacial score (nSPS) is 15.8. The van der Waals surface area contributed by atoms with Gasteiger partial charge in [-0.15, -0.1) is 0 Å². The fourth-order valence-electron chi connectivity index (χ4n) is 4.86. The third-order valence-corrected chi connectivity index (χ3v) is 6.47. The van der Waals surface area contributed by atoms with Crippen molar-refractivity contribution in [3.63, 3.8) is 0 Å². The summed E-state index contributed by atoms with van der Waals surface area (Å²) in [7, 11) is 0. The third kappa shape index (κ3) is 3.06. The van der Waals surface area contributed by atoms with Crippen molar-refractivity contribution < 1.29 is 9.59 Å². The van der Waals surface area contributed by atoms with Crippen LogP contribution in [0.15, 0.2) is 66.4 Å². The summed E-state index contributed by atoms with van der Waals surface area (Å²) < 4.78 is 0. The van der Waals surface area contributed by atoms with Crippen molar-refractivity contribution in [2.24, 2.45) is 0 Å². The minimum absolute atomic E-state index is 0.254. The summed E-state index contributed by atoms with van der Waals surface area (Å²) in [4.78, 5) is 31.3. The van der Waals surface area contributed by atoms with E-state index in [1.54, 1.807) is 0 Å². The van der Waals surface area contributed by atoms with Gasteiger partial charge in [0.05, 0.1) is 11.3 Å². The van der Waals surface area contributed by atoms with Crippen molar-refractivity contribution in [3.05, 3.63) is 99.7 Å². The Labute approximate surface area is 188 Å². The van der Waals surface area contributed by atoms with Gasteiger partial charge >= 0.3 is 0 Å². The molecule has 160 valence electrons. The Hall–Kier alpha value is -3.66. The van der Waals surface area contributed by atoms with Crippen molar-refractivity contribution in [1.82, 2.24) is 0 Å². The van der Waals surface area contributed by atoms with E-state index in [1.807, 2.05) is 81.1 Å². The van der Waals surface area contributed by atoms with Crippen LogP contribution in [0.1, 0.15) is 33.4 Å². The van der Waals surface area contributed by atoms with E-state index in [2.05, 4.69) is 12.1 Å². The number of imide groups is 1. The molecule has 0 bridgehead atoms. The zero-order chi connectivity index (χ0) is 22.6. The predicted octanol–water partition coefficient (Wildman–Crippen LogP) is 5.27. The molecule has 0 aromatic heterocycles. The summed E-state index contributed by atoms with van der Waals surface area (Å²) >= 11 is 0. The SMILES string of the molecule is Cc1ccc(C2=C(N3CCc4ccccc43)C(=O)N(c3cc(C)ccc3C)C2=O)c(C)c1. The van der Waals surface area contributed by atoms with Crippen molar-refractivity contribution in [2.45, 2.75) is 34.1 Å². The van der Waals surface area contributed by atoms with Crippen LogP contribution in [-0.4, -0.2) is 18.4 Å². The van der Waals surface area contributed by atoms with Crippen molar-refractivity contribution in [2.75, 3.05) is 16.3 Å². The molecule has 2 aliphatic heterocycles. The molecule has 5 rings (SSSR count). The average Bonchev–Trinajstić information content (AvgIpc) is 3.28. The van der Waals surface area contributed by atoms with Gasteiger partial charge in [0, 0.05) is 12.2 Å². The first kappa shape index (κ1) is 20.3. The number of hydrogen-bond acceptors (Lipinski definition) is 3. The van der Waals surface area contributed by atoms with Crippen LogP contribution in [0.25, 0.3) is 5.57 Å². The van der Waals surface area contributed by atoms with Crippen molar-refractivity contribution in [3.8, 4) is 0 Å². The van der Waals surface area contributed by atoms with E-state index in [0.29, 0.717) is 23.5 Å². The Morgan fingerprint density at radius 1 is 0.719 bits per heavy atom. The maximum atomic E-state index is 13.9. The number of aryl methyl sites for hydroxylation is 4. The molecule has 2 heterocycles. The van der Waals surface area contributed by atoms with E-state index < -0.39 is 0 Å². The minimum atomic E-state index is -0.255. The lowest BCUT2D eigenvalue weighted by molar-refractivity contribution is -0.120. The van der Waals surface area contributed by atoms with Crippen LogP contribution < -0.4 is 9.80 Å². The molecular formula is C28H26N2O2. The Morgan fingerprint density at radius 3 is 2.22 bits per heavy atom. The lowest BCUT2D eigenvalue weighted by Gasteiger charge is -2.22. The van der Waals surface area contributed by atoms with Gasteiger partial charge in [0.2, 0.25) is 0 Å². The average molecular weight is 423 g/mol. The van der Waals surface area contributed by atoms with E-state index in [9.17, 15) is 9.59 Å². The topological polar surface area (TPSA) is 40.6 Å². The van der Waals surface area contributed by atoms with Gasteiger partial charge in [0.25, 0.3) is 11.8 Å². The van der Waals surface area contributed by atoms with Crippen molar-refractivity contribution >= 4 is 28.8 Å². The zero-order valence-electron chi connectivity index (χ0n) is 18.9. The molecule has 4 nitrogen and oxygen atoms in total. The Morgan fingerprint density at radius 2 is 1.44 bits per heavy atom. The summed E-state index contributed by atoms with van der Waals surface area (Å²) in [5.74, 6) is -0.509. The highest BCUT2D eigenvalue weighted by molar-refractivity contribution is 6.46. The number of nitrogens with zero attached hydrogens (tertiary/aromatic N) is 2. The van der Waals surface area contributed by atoms with E-state index in [0.717, 1.165) is 39.9 Å². The van der Waals surface area contributed by atoms with E-state index >= 15 is 0 Å². The van der Waals surface area contributed by atoms with Gasteiger partial charge in [0.15, 0.2) is 0 Å². The van der Waals surface area contributed by atoms with Crippen LogP contribution >= 0.6 is 0 Å². The minimum Gasteiger partial charge on any atom is -0.336 e. The van der Waals surface area contributed by atoms with Crippen LogP contribution in [0.3, 0.4) is 0 Å². The number of hydrogen-bond donors (Lipinski definition) is 0. The maximum Gasteiger partial charge on any atom is 0.282 e. The van der Waals surface area contributed by atoms with Crippen LogP contribution in [0.4, 0.5) is 11.4 Å². The maximum absolute atomic E-state index is 13.9. The molecule has 2 aliphatic rings.